The van der Waals surface area contributed by atoms with Crippen LogP contribution < -0.4 is 5.32 Å². The second-order valence-electron chi connectivity index (χ2n) is 6.13. The van der Waals surface area contributed by atoms with Gasteiger partial charge in [0.1, 0.15) is 6.04 Å². The molecule has 1 amide bonds. The molecule has 1 aromatic carbocycles. The quantitative estimate of drug-likeness (QED) is 0.834. The molecule has 1 N–H and O–H groups in total. The molecule has 0 aliphatic heterocycles. The van der Waals surface area contributed by atoms with Crippen molar-refractivity contribution in [3.8, 4) is 0 Å². The minimum Gasteiger partial charge on any atom is -0.467 e. The maximum absolute atomic E-state index is 12.1. The molecule has 0 aliphatic carbocycles. The van der Waals surface area contributed by atoms with Gasteiger partial charge >= 0.3 is 5.97 Å². The van der Waals surface area contributed by atoms with Crippen molar-refractivity contribution in [3.63, 3.8) is 0 Å². The van der Waals surface area contributed by atoms with Gasteiger partial charge in [0.05, 0.1) is 7.11 Å². The van der Waals surface area contributed by atoms with Crippen LogP contribution in [0.25, 0.3) is 10.9 Å². The van der Waals surface area contributed by atoms with E-state index in [4.69, 9.17) is 4.74 Å². The zero-order chi connectivity index (χ0) is 17.0. The van der Waals surface area contributed by atoms with Crippen molar-refractivity contribution >= 4 is 22.8 Å². The second kappa shape index (κ2) is 7.31. The summed E-state index contributed by atoms with van der Waals surface area (Å²) in [5, 5.41) is 3.93. The lowest BCUT2D eigenvalue weighted by molar-refractivity contribution is -0.146. The second-order valence-corrected chi connectivity index (χ2v) is 6.13. The summed E-state index contributed by atoms with van der Waals surface area (Å²) in [5.74, 6) is -0.569. The first-order valence-corrected chi connectivity index (χ1v) is 7.85. The lowest BCUT2D eigenvalue weighted by atomic mass is 10.0. The van der Waals surface area contributed by atoms with Crippen LogP contribution in [0.3, 0.4) is 0 Å². The molecule has 23 heavy (non-hydrogen) atoms. The standard InChI is InChI=1S/C18H24N2O3/c1-12(2)17(18(22)23-4)19-16(21)8-10-20-9-7-14-11-13(3)5-6-15(14)20/h5-7,9,11-12,17H,8,10H2,1-4H3,(H,19,21)/t17-/m0/s1. The smallest absolute Gasteiger partial charge is 0.328 e. The number of fused-ring (bicyclic) bond motifs is 1. The van der Waals surface area contributed by atoms with Crippen LogP contribution in [0.1, 0.15) is 25.8 Å². The van der Waals surface area contributed by atoms with Gasteiger partial charge in [0.25, 0.3) is 0 Å². The van der Waals surface area contributed by atoms with Crippen molar-refractivity contribution in [2.24, 2.45) is 5.92 Å². The van der Waals surface area contributed by atoms with Gasteiger partial charge in [-0.2, -0.15) is 0 Å². The van der Waals surface area contributed by atoms with E-state index in [0.717, 1.165) is 5.52 Å². The van der Waals surface area contributed by atoms with Gasteiger partial charge in [-0.05, 0) is 36.4 Å². The zero-order valence-electron chi connectivity index (χ0n) is 14.1. The van der Waals surface area contributed by atoms with Crippen LogP contribution in [0.15, 0.2) is 30.5 Å². The number of carbonyl (C=O) groups excluding carboxylic acids is 2. The van der Waals surface area contributed by atoms with Crippen LogP contribution in [0.4, 0.5) is 0 Å². The highest BCUT2D eigenvalue weighted by Crippen LogP contribution is 2.17. The van der Waals surface area contributed by atoms with Gasteiger partial charge in [-0.25, -0.2) is 4.79 Å². The minimum absolute atomic E-state index is 0.0122. The lowest BCUT2D eigenvalue weighted by Gasteiger charge is -2.19. The Labute approximate surface area is 136 Å². The molecule has 0 saturated carbocycles. The summed E-state index contributed by atoms with van der Waals surface area (Å²) in [6.45, 7) is 6.39. The Morgan fingerprint density at radius 1 is 1.26 bits per heavy atom. The number of benzene rings is 1. The zero-order valence-corrected chi connectivity index (χ0v) is 14.1. The first kappa shape index (κ1) is 17.1. The molecule has 1 aromatic heterocycles. The number of aromatic nitrogens is 1. The summed E-state index contributed by atoms with van der Waals surface area (Å²) < 4.78 is 6.79. The van der Waals surface area contributed by atoms with E-state index in [0.29, 0.717) is 13.0 Å². The Morgan fingerprint density at radius 2 is 2.00 bits per heavy atom. The van der Waals surface area contributed by atoms with Crippen LogP contribution >= 0.6 is 0 Å². The molecule has 2 rings (SSSR count). The van der Waals surface area contributed by atoms with Crippen LogP contribution in [0.2, 0.25) is 0 Å². The fraction of sp³-hybridized carbons (Fsp3) is 0.444. The molecule has 0 saturated heterocycles. The molecule has 0 radical (unpaired) electrons. The molecule has 124 valence electrons. The number of nitrogens with one attached hydrogen (secondary N) is 1. The summed E-state index contributed by atoms with van der Waals surface area (Å²) in [5.41, 5.74) is 2.32. The topological polar surface area (TPSA) is 60.3 Å². The summed E-state index contributed by atoms with van der Waals surface area (Å²) in [6, 6.07) is 7.69. The molecule has 0 unspecified atom stereocenters. The average molecular weight is 316 g/mol. The Hall–Kier alpha value is -2.30. The molecule has 0 fully saturated rings. The van der Waals surface area contributed by atoms with E-state index in [-0.39, 0.29) is 11.8 Å². The van der Waals surface area contributed by atoms with E-state index in [1.807, 2.05) is 26.1 Å². The number of amides is 1. The van der Waals surface area contributed by atoms with Gasteiger partial charge in [0.15, 0.2) is 0 Å². The van der Waals surface area contributed by atoms with Crippen molar-refractivity contribution in [3.05, 3.63) is 36.0 Å². The fourth-order valence-corrected chi connectivity index (χ4v) is 2.61. The summed E-state index contributed by atoms with van der Waals surface area (Å²) in [6.07, 6.45) is 2.30. The SMILES string of the molecule is COC(=O)[C@@H](NC(=O)CCn1ccc2cc(C)ccc21)C(C)C. The number of nitrogens with zero attached hydrogens (tertiary/aromatic N) is 1. The first-order chi connectivity index (χ1) is 10.9. The number of hydrogen-bond donors (Lipinski definition) is 1. The molecule has 0 aliphatic rings. The Kier molecular flexibility index (Phi) is 5.42. The third-order valence-electron chi connectivity index (χ3n) is 3.94. The van der Waals surface area contributed by atoms with E-state index in [2.05, 4.69) is 35.0 Å². The maximum atomic E-state index is 12.1. The largest absolute Gasteiger partial charge is 0.467 e. The van der Waals surface area contributed by atoms with Gasteiger partial charge in [-0.1, -0.05) is 25.5 Å². The number of ether oxygens (including phenoxy) is 1. The number of esters is 1. The normalized spacial score (nSPS) is 12.4. The van der Waals surface area contributed by atoms with Gasteiger partial charge in [-0.15, -0.1) is 0 Å². The van der Waals surface area contributed by atoms with Gasteiger partial charge in [0.2, 0.25) is 5.91 Å². The Morgan fingerprint density at radius 3 is 2.65 bits per heavy atom. The summed E-state index contributed by atoms with van der Waals surface area (Å²) in [4.78, 5) is 23.8. The van der Waals surface area contributed by atoms with Crippen molar-refractivity contribution in [1.82, 2.24) is 9.88 Å². The van der Waals surface area contributed by atoms with Gasteiger partial charge < -0.3 is 14.6 Å². The molecule has 0 bridgehead atoms. The third-order valence-corrected chi connectivity index (χ3v) is 3.94. The van der Waals surface area contributed by atoms with E-state index in [1.165, 1.54) is 18.1 Å². The van der Waals surface area contributed by atoms with Crippen LogP contribution in [-0.2, 0) is 20.9 Å². The van der Waals surface area contributed by atoms with Crippen molar-refractivity contribution in [2.75, 3.05) is 7.11 Å². The van der Waals surface area contributed by atoms with Crippen molar-refractivity contribution in [1.29, 1.82) is 0 Å². The number of aryl methyl sites for hydroxylation is 2. The van der Waals surface area contributed by atoms with Crippen LogP contribution in [0.5, 0.6) is 0 Å². The highest BCUT2D eigenvalue weighted by atomic mass is 16.5. The highest BCUT2D eigenvalue weighted by Gasteiger charge is 2.24. The van der Waals surface area contributed by atoms with Gasteiger partial charge in [-0.3, -0.25) is 4.79 Å². The molecule has 1 heterocycles. The van der Waals surface area contributed by atoms with Crippen LogP contribution in [-0.4, -0.2) is 29.6 Å². The Bertz CT molecular complexity index is 703. The molecule has 5 heteroatoms. The molecule has 1 atom stereocenters. The predicted octanol–water partition coefficient (Wildman–Crippen LogP) is 2.65. The van der Waals surface area contributed by atoms with E-state index >= 15 is 0 Å². The fourth-order valence-electron chi connectivity index (χ4n) is 2.61. The molecular weight excluding hydrogens is 292 g/mol. The lowest BCUT2D eigenvalue weighted by Crippen LogP contribution is -2.45. The monoisotopic (exact) mass is 316 g/mol. The molecule has 0 spiro atoms. The van der Waals surface area contributed by atoms with Crippen molar-refractivity contribution in [2.45, 2.75) is 39.8 Å². The first-order valence-electron chi connectivity index (χ1n) is 7.85. The number of rotatable bonds is 6. The van der Waals surface area contributed by atoms with Crippen molar-refractivity contribution < 1.29 is 14.3 Å². The number of carbonyl (C=O) groups is 2. The molecule has 2 aromatic rings. The molecule has 5 nitrogen and oxygen atoms in total. The summed E-state index contributed by atoms with van der Waals surface area (Å²) in [7, 11) is 1.33. The predicted molar refractivity (Wildman–Crippen MR) is 90.1 cm³/mol. The average Bonchev–Trinajstić information content (AvgIpc) is 2.91. The minimum atomic E-state index is -0.600. The maximum Gasteiger partial charge on any atom is 0.328 e. The summed E-state index contributed by atoms with van der Waals surface area (Å²) >= 11 is 0. The van der Waals surface area contributed by atoms with E-state index in [9.17, 15) is 9.59 Å². The van der Waals surface area contributed by atoms with Gasteiger partial charge in [0, 0.05) is 24.7 Å². The van der Waals surface area contributed by atoms with Crippen LogP contribution in [0, 0.1) is 12.8 Å². The highest BCUT2D eigenvalue weighted by molar-refractivity contribution is 5.85. The third kappa shape index (κ3) is 4.12. The Balaban J connectivity index is 1.99. The number of hydrogen-bond acceptors (Lipinski definition) is 3. The molecular formula is C18H24N2O3. The van der Waals surface area contributed by atoms with E-state index < -0.39 is 12.0 Å². The number of methoxy groups -OCH3 is 1. The van der Waals surface area contributed by atoms with E-state index in [1.54, 1.807) is 0 Å².